The fourth-order valence-corrected chi connectivity index (χ4v) is 5.15. The standard InChI is InChI=1S/C28H31N5O3S/c1-18(10-12-34)37-23-8-6-21(7-9-23)25-16-31-28(29)27(32-25)26-14-24(33-36-26)20-4-2-19(3-5-20)15-30-22-11-13-35-17-22/h2-9,14,16,18,22,30,34H,10-13,15,17H2,1H3,(H2,29,31). The zero-order chi connectivity index (χ0) is 25.6. The number of nitrogens with one attached hydrogen (secondary N) is 1. The Kier molecular flexibility index (Phi) is 8.15. The Bertz CT molecular complexity index is 1300. The van der Waals surface area contributed by atoms with Crippen molar-refractivity contribution in [3.05, 3.63) is 66.4 Å². The highest BCUT2D eigenvalue weighted by molar-refractivity contribution is 7.99. The average molecular weight is 518 g/mol. The Hall–Kier alpha value is -3.24. The van der Waals surface area contributed by atoms with Gasteiger partial charge in [0.05, 0.1) is 18.5 Å². The molecule has 192 valence electrons. The Labute approximate surface area is 220 Å². The molecule has 2 atom stereocenters. The van der Waals surface area contributed by atoms with E-state index in [1.54, 1.807) is 18.0 Å². The van der Waals surface area contributed by atoms with Crippen LogP contribution in [0.25, 0.3) is 34.0 Å². The smallest absolute Gasteiger partial charge is 0.189 e. The van der Waals surface area contributed by atoms with E-state index >= 15 is 0 Å². The van der Waals surface area contributed by atoms with Crippen LogP contribution in [-0.4, -0.2) is 51.3 Å². The molecule has 4 aromatic rings. The molecule has 2 unspecified atom stereocenters. The van der Waals surface area contributed by atoms with Gasteiger partial charge in [-0.25, -0.2) is 9.97 Å². The second kappa shape index (κ2) is 11.9. The molecule has 0 saturated carbocycles. The van der Waals surface area contributed by atoms with Crippen LogP contribution in [0.1, 0.15) is 25.3 Å². The van der Waals surface area contributed by atoms with Gasteiger partial charge in [-0.05, 0) is 30.5 Å². The average Bonchev–Trinajstić information content (AvgIpc) is 3.62. The van der Waals surface area contributed by atoms with E-state index in [-0.39, 0.29) is 12.4 Å². The Morgan fingerprint density at radius 3 is 2.59 bits per heavy atom. The predicted molar refractivity (Wildman–Crippen MR) is 146 cm³/mol. The van der Waals surface area contributed by atoms with Gasteiger partial charge >= 0.3 is 0 Å². The first kappa shape index (κ1) is 25.4. The lowest BCUT2D eigenvalue weighted by molar-refractivity contribution is 0.190. The number of benzene rings is 2. The quantitative estimate of drug-likeness (QED) is 0.255. The fraction of sp³-hybridized carbons (Fsp3) is 0.321. The molecular weight excluding hydrogens is 486 g/mol. The molecule has 2 aromatic heterocycles. The van der Waals surface area contributed by atoms with Crippen LogP contribution in [0.5, 0.6) is 0 Å². The lowest BCUT2D eigenvalue weighted by Gasteiger charge is -2.10. The molecule has 2 aromatic carbocycles. The lowest BCUT2D eigenvalue weighted by atomic mass is 10.1. The summed E-state index contributed by atoms with van der Waals surface area (Å²) in [6.07, 6.45) is 3.48. The largest absolute Gasteiger partial charge is 0.396 e. The molecule has 9 heteroatoms. The van der Waals surface area contributed by atoms with Crippen molar-refractivity contribution in [3.8, 4) is 34.0 Å². The number of ether oxygens (including phenoxy) is 1. The van der Waals surface area contributed by atoms with Crippen LogP contribution in [0.4, 0.5) is 5.82 Å². The number of aliphatic hydroxyl groups excluding tert-OH is 1. The predicted octanol–water partition coefficient (Wildman–Crippen LogP) is 4.79. The van der Waals surface area contributed by atoms with Crippen molar-refractivity contribution < 1.29 is 14.4 Å². The zero-order valence-corrected chi connectivity index (χ0v) is 21.6. The Morgan fingerprint density at radius 1 is 1.11 bits per heavy atom. The zero-order valence-electron chi connectivity index (χ0n) is 20.8. The summed E-state index contributed by atoms with van der Waals surface area (Å²) in [5.74, 6) is 0.757. The molecule has 0 amide bonds. The van der Waals surface area contributed by atoms with Crippen LogP contribution in [0, 0.1) is 0 Å². The summed E-state index contributed by atoms with van der Waals surface area (Å²) in [4.78, 5) is 10.2. The van der Waals surface area contributed by atoms with Crippen LogP contribution in [-0.2, 0) is 11.3 Å². The minimum absolute atomic E-state index is 0.193. The summed E-state index contributed by atoms with van der Waals surface area (Å²) >= 11 is 1.74. The second-order valence-corrected chi connectivity index (χ2v) is 10.7. The van der Waals surface area contributed by atoms with Crippen LogP contribution in [0.3, 0.4) is 0 Å². The second-order valence-electron chi connectivity index (χ2n) is 9.17. The fourth-order valence-electron chi connectivity index (χ4n) is 4.17. The molecule has 1 saturated heterocycles. The molecule has 1 fully saturated rings. The van der Waals surface area contributed by atoms with Crippen molar-refractivity contribution in [1.29, 1.82) is 0 Å². The van der Waals surface area contributed by atoms with Crippen molar-refractivity contribution in [2.75, 3.05) is 25.6 Å². The number of nitrogen functional groups attached to an aromatic ring is 1. The number of nitrogens with zero attached hydrogens (tertiary/aromatic N) is 3. The third-order valence-corrected chi connectivity index (χ3v) is 7.52. The van der Waals surface area contributed by atoms with E-state index in [2.05, 4.69) is 46.6 Å². The van der Waals surface area contributed by atoms with Gasteiger partial charge in [-0.2, -0.15) is 0 Å². The third kappa shape index (κ3) is 6.37. The third-order valence-electron chi connectivity index (χ3n) is 6.34. The number of hydrogen-bond donors (Lipinski definition) is 3. The van der Waals surface area contributed by atoms with E-state index < -0.39 is 0 Å². The van der Waals surface area contributed by atoms with Gasteiger partial charge in [-0.3, -0.25) is 0 Å². The number of anilines is 1. The minimum atomic E-state index is 0.193. The number of aliphatic hydroxyl groups is 1. The molecule has 0 bridgehead atoms. The van der Waals surface area contributed by atoms with Crippen LogP contribution in [0.2, 0.25) is 0 Å². The van der Waals surface area contributed by atoms with Crippen LogP contribution >= 0.6 is 11.8 Å². The topological polar surface area (TPSA) is 119 Å². The highest BCUT2D eigenvalue weighted by Crippen LogP contribution is 2.31. The minimum Gasteiger partial charge on any atom is -0.396 e. The maximum Gasteiger partial charge on any atom is 0.189 e. The SMILES string of the molecule is CC(CCO)Sc1ccc(-c2cnc(N)c(-c3cc(-c4ccc(CNC5CCOC5)cc4)no3)n2)cc1. The normalized spacial score (nSPS) is 16.2. The maximum atomic E-state index is 9.12. The van der Waals surface area contributed by atoms with Gasteiger partial charge in [-0.15, -0.1) is 11.8 Å². The van der Waals surface area contributed by atoms with E-state index in [4.69, 9.17) is 25.1 Å². The maximum absolute atomic E-state index is 9.12. The molecular formula is C28H31N5O3S. The molecule has 37 heavy (non-hydrogen) atoms. The summed E-state index contributed by atoms with van der Waals surface area (Å²) in [7, 11) is 0. The van der Waals surface area contributed by atoms with Crippen LogP contribution < -0.4 is 11.1 Å². The number of thioether (sulfide) groups is 1. The van der Waals surface area contributed by atoms with E-state index in [0.717, 1.165) is 48.6 Å². The first-order chi connectivity index (χ1) is 18.1. The number of rotatable bonds is 10. The summed E-state index contributed by atoms with van der Waals surface area (Å²) in [5.41, 5.74) is 11.1. The van der Waals surface area contributed by atoms with Crippen molar-refractivity contribution >= 4 is 17.6 Å². The van der Waals surface area contributed by atoms with E-state index in [9.17, 15) is 0 Å². The lowest BCUT2D eigenvalue weighted by Crippen LogP contribution is -2.28. The number of hydrogen-bond acceptors (Lipinski definition) is 9. The first-order valence-corrected chi connectivity index (χ1v) is 13.3. The molecule has 1 aliphatic rings. The van der Waals surface area contributed by atoms with Gasteiger partial charge in [-0.1, -0.05) is 48.5 Å². The van der Waals surface area contributed by atoms with E-state index in [0.29, 0.717) is 34.1 Å². The molecule has 4 N–H and O–H groups in total. The molecule has 0 radical (unpaired) electrons. The summed E-state index contributed by atoms with van der Waals surface area (Å²) in [6.45, 7) is 4.72. The highest BCUT2D eigenvalue weighted by atomic mass is 32.2. The monoisotopic (exact) mass is 517 g/mol. The molecule has 1 aliphatic heterocycles. The van der Waals surface area contributed by atoms with Crippen molar-refractivity contribution in [2.45, 2.75) is 42.5 Å². The molecule has 8 nitrogen and oxygen atoms in total. The highest BCUT2D eigenvalue weighted by Gasteiger charge is 2.17. The van der Waals surface area contributed by atoms with Gasteiger partial charge in [0.2, 0.25) is 0 Å². The van der Waals surface area contributed by atoms with Gasteiger partial charge in [0.15, 0.2) is 17.3 Å². The molecule has 5 rings (SSSR count). The number of aromatic nitrogens is 3. The number of nitrogens with two attached hydrogens (primary N) is 1. The summed E-state index contributed by atoms with van der Waals surface area (Å²) in [5, 5.41) is 17.2. The first-order valence-electron chi connectivity index (χ1n) is 12.5. The van der Waals surface area contributed by atoms with E-state index in [1.807, 2.05) is 30.3 Å². The van der Waals surface area contributed by atoms with Crippen molar-refractivity contribution in [3.63, 3.8) is 0 Å². The van der Waals surface area contributed by atoms with E-state index in [1.165, 1.54) is 5.56 Å². The van der Waals surface area contributed by atoms with Gasteiger partial charge in [0, 0.05) is 53.1 Å². The van der Waals surface area contributed by atoms with Crippen LogP contribution in [0.15, 0.2) is 70.2 Å². The Morgan fingerprint density at radius 2 is 1.86 bits per heavy atom. The van der Waals surface area contributed by atoms with Gasteiger partial charge in [0.25, 0.3) is 0 Å². The van der Waals surface area contributed by atoms with Gasteiger partial charge < -0.3 is 25.4 Å². The molecule has 0 spiro atoms. The molecule has 3 heterocycles. The van der Waals surface area contributed by atoms with Gasteiger partial charge in [0.1, 0.15) is 5.69 Å². The molecule has 0 aliphatic carbocycles. The summed E-state index contributed by atoms with van der Waals surface area (Å²) in [6, 6.07) is 18.7. The summed E-state index contributed by atoms with van der Waals surface area (Å²) < 4.78 is 11.0. The Balaban J connectivity index is 1.29. The van der Waals surface area contributed by atoms with Crippen molar-refractivity contribution in [1.82, 2.24) is 20.4 Å². The van der Waals surface area contributed by atoms with Crippen molar-refractivity contribution in [2.24, 2.45) is 0 Å².